The van der Waals surface area contributed by atoms with Crippen LogP contribution in [-0.2, 0) is 4.79 Å². The molecule has 0 bridgehead atoms. The molecular formula is C19H28Cl2N2O. The molecule has 24 heavy (non-hydrogen) atoms. The quantitative estimate of drug-likeness (QED) is 0.803. The maximum absolute atomic E-state index is 12.3. The van der Waals surface area contributed by atoms with Gasteiger partial charge in [0, 0.05) is 19.0 Å². The van der Waals surface area contributed by atoms with Crippen molar-refractivity contribution >= 4 is 35.6 Å². The SMILES string of the molecule is Cc1cccc(Cl)c1NC(=O)CCN1CCC[C@@H]2CCCC[C@@H]21.Cl. The predicted octanol–water partition coefficient (Wildman–Crippen LogP) is 5.05. The first-order chi connectivity index (χ1) is 11.1. The van der Waals surface area contributed by atoms with Crippen LogP contribution >= 0.6 is 24.0 Å². The average molecular weight is 371 g/mol. The number of aryl methyl sites for hydroxylation is 1. The van der Waals surface area contributed by atoms with E-state index in [0.29, 0.717) is 17.5 Å². The van der Waals surface area contributed by atoms with E-state index in [0.717, 1.165) is 30.3 Å². The van der Waals surface area contributed by atoms with Crippen LogP contribution in [0.1, 0.15) is 50.5 Å². The van der Waals surface area contributed by atoms with E-state index in [1.807, 2.05) is 25.1 Å². The van der Waals surface area contributed by atoms with Crippen molar-refractivity contribution in [2.24, 2.45) is 5.92 Å². The topological polar surface area (TPSA) is 32.3 Å². The summed E-state index contributed by atoms with van der Waals surface area (Å²) in [6.45, 7) is 3.99. The van der Waals surface area contributed by atoms with Crippen molar-refractivity contribution < 1.29 is 4.79 Å². The number of hydrogen-bond acceptors (Lipinski definition) is 2. The molecule has 0 unspecified atom stereocenters. The molecule has 2 aliphatic rings. The van der Waals surface area contributed by atoms with Crippen molar-refractivity contribution in [3.8, 4) is 0 Å². The molecule has 1 aliphatic carbocycles. The normalized spacial score (nSPS) is 23.9. The number of fused-ring (bicyclic) bond motifs is 1. The van der Waals surface area contributed by atoms with Gasteiger partial charge in [-0.3, -0.25) is 9.69 Å². The van der Waals surface area contributed by atoms with E-state index in [1.54, 1.807) is 0 Å². The number of nitrogens with zero attached hydrogens (tertiary/aromatic N) is 1. The number of benzene rings is 1. The van der Waals surface area contributed by atoms with Crippen LogP contribution in [0.3, 0.4) is 0 Å². The Morgan fingerprint density at radius 2 is 2.00 bits per heavy atom. The molecule has 1 aromatic carbocycles. The smallest absolute Gasteiger partial charge is 0.225 e. The molecule has 0 aromatic heterocycles. The first-order valence-corrected chi connectivity index (χ1v) is 9.32. The van der Waals surface area contributed by atoms with Crippen LogP contribution in [0.15, 0.2) is 18.2 Å². The minimum atomic E-state index is 0. The first-order valence-electron chi connectivity index (χ1n) is 8.94. The maximum atomic E-state index is 12.3. The Labute approximate surface area is 156 Å². The lowest BCUT2D eigenvalue weighted by molar-refractivity contribution is -0.116. The molecule has 1 aliphatic heterocycles. The molecule has 1 saturated heterocycles. The van der Waals surface area contributed by atoms with Gasteiger partial charge in [-0.05, 0) is 56.7 Å². The van der Waals surface area contributed by atoms with Gasteiger partial charge in [-0.15, -0.1) is 12.4 Å². The summed E-state index contributed by atoms with van der Waals surface area (Å²) in [5.74, 6) is 0.936. The number of rotatable bonds is 4. The number of likely N-dealkylation sites (tertiary alicyclic amines) is 1. The standard InChI is InChI=1S/C19H27ClN2O.ClH/c1-14-6-4-9-16(20)19(14)21-18(23)11-13-22-12-5-8-15-7-2-3-10-17(15)22;/h4,6,9,15,17H,2-3,5,7-8,10-13H2,1H3,(H,21,23);1H/t15-,17-;/m0./s1. The third-order valence-corrected chi connectivity index (χ3v) is 5.79. The van der Waals surface area contributed by atoms with Gasteiger partial charge < -0.3 is 5.32 Å². The summed E-state index contributed by atoms with van der Waals surface area (Å²) < 4.78 is 0. The maximum Gasteiger partial charge on any atom is 0.225 e. The molecule has 0 radical (unpaired) electrons. The number of para-hydroxylation sites is 1. The summed E-state index contributed by atoms with van der Waals surface area (Å²) in [6.07, 6.45) is 8.65. The molecular weight excluding hydrogens is 343 g/mol. The number of carbonyl (C=O) groups excluding carboxylic acids is 1. The van der Waals surface area contributed by atoms with E-state index in [9.17, 15) is 4.79 Å². The summed E-state index contributed by atoms with van der Waals surface area (Å²) in [4.78, 5) is 14.9. The number of halogens is 2. The molecule has 1 saturated carbocycles. The van der Waals surface area contributed by atoms with Crippen LogP contribution in [0.5, 0.6) is 0 Å². The molecule has 134 valence electrons. The van der Waals surface area contributed by atoms with Gasteiger partial charge in [0.05, 0.1) is 10.7 Å². The second kappa shape index (κ2) is 9.07. The van der Waals surface area contributed by atoms with Crippen molar-refractivity contribution in [2.75, 3.05) is 18.4 Å². The summed E-state index contributed by atoms with van der Waals surface area (Å²) in [7, 11) is 0. The van der Waals surface area contributed by atoms with Gasteiger partial charge in [0.1, 0.15) is 0 Å². The number of amides is 1. The Morgan fingerprint density at radius 1 is 1.25 bits per heavy atom. The Bertz CT molecular complexity index is 542. The van der Waals surface area contributed by atoms with Crippen molar-refractivity contribution in [2.45, 2.75) is 57.9 Å². The average Bonchev–Trinajstić information content (AvgIpc) is 2.56. The Kier molecular flexibility index (Phi) is 7.39. The van der Waals surface area contributed by atoms with Crippen LogP contribution in [-0.4, -0.2) is 29.9 Å². The van der Waals surface area contributed by atoms with Crippen molar-refractivity contribution in [1.82, 2.24) is 4.90 Å². The van der Waals surface area contributed by atoms with Gasteiger partial charge in [-0.1, -0.05) is 36.6 Å². The van der Waals surface area contributed by atoms with Gasteiger partial charge in [0.15, 0.2) is 0 Å². The minimum Gasteiger partial charge on any atom is -0.325 e. The van der Waals surface area contributed by atoms with E-state index in [1.165, 1.54) is 38.5 Å². The molecule has 1 heterocycles. The third-order valence-electron chi connectivity index (χ3n) is 5.47. The molecule has 0 spiro atoms. The third kappa shape index (κ3) is 4.65. The second-order valence-corrected chi connectivity index (χ2v) is 7.43. The molecule has 3 rings (SSSR count). The fraction of sp³-hybridized carbons (Fsp3) is 0.632. The van der Waals surface area contributed by atoms with Crippen molar-refractivity contribution in [3.05, 3.63) is 28.8 Å². The first kappa shape index (κ1) is 19.6. The molecule has 2 atom stereocenters. The molecule has 1 amide bonds. The van der Waals surface area contributed by atoms with E-state index in [-0.39, 0.29) is 18.3 Å². The number of nitrogens with one attached hydrogen (secondary N) is 1. The van der Waals surface area contributed by atoms with Gasteiger partial charge in [0.25, 0.3) is 0 Å². The lowest BCUT2D eigenvalue weighted by atomic mass is 9.78. The zero-order valence-electron chi connectivity index (χ0n) is 14.4. The zero-order valence-corrected chi connectivity index (χ0v) is 16.0. The van der Waals surface area contributed by atoms with Crippen LogP contribution in [0.25, 0.3) is 0 Å². The molecule has 2 fully saturated rings. The lowest BCUT2D eigenvalue weighted by Crippen LogP contribution is -2.47. The molecule has 1 aromatic rings. The molecule has 3 nitrogen and oxygen atoms in total. The Hall–Kier alpha value is -0.770. The van der Waals surface area contributed by atoms with Gasteiger partial charge >= 0.3 is 0 Å². The van der Waals surface area contributed by atoms with E-state index >= 15 is 0 Å². The number of anilines is 1. The predicted molar refractivity (Wildman–Crippen MR) is 103 cm³/mol. The second-order valence-electron chi connectivity index (χ2n) is 7.02. The van der Waals surface area contributed by atoms with Crippen LogP contribution < -0.4 is 5.32 Å². The summed E-state index contributed by atoms with van der Waals surface area (Å²) in [5.41, 5.74) is 1.77. The lowest BCUT2D eigenvalue weighted by Gasteiger charge is -2.44. The number of hydrogen-bond donors (Lipinski definition) is 1. The number of piperidine rings is 1. The minimum absolute atomic E-state index is 0. The van der Waals surface area contributed by atoms with Crippen LogP contribution in [0, 0.1) is 12.8 Å². The van der Waals surface area contributed by atoms with E-state index in [2.05, 4.69) is 10.2 Å². The molecule has 1 N–H and O–H groups in total. The van der Waals surface area contributed by atoms with Gasteiger partial charge in [-0.25, -0.2) is 0 Å². The van der Waals surface area contributed by atoms with Crippen LogP contribution in [0.4, 0.5) is 5.69 Å². The van der Waals surface area contributed by atoms with E-state index in [4.69, 9.17) is 11.6 Å². The molecule has 5 heteroatoms. The van der Waals surface area contributed by atoms with Crippen molar-refractivity contribution in [3.63, 3.8) is 0 Å². The van der Waals surface area contributed by atoms with Crippen LogP contribution in [0.2, 0.25) is 5.02 Å². The Morgan fingerprint density at radius 3 is 2.79 bits per heavy atom. The Balaban J connectivity index is 0.00000208. The highest BCUT2D eigenvalue weighted by atomic mass is 35.5. The largest absolute Gasteiger partial charge is 0.325 e. The monoisotopic (exact) mass is 370 g/mol. The van der Waals surface area contributed by atoms with Crippen molar-refractivity contribution in [1.29, 1.82) is 0 Å². The van der Waals surface area contributed by atoms with Gasteiger partial charge in [-0.2, -0.15) is 0 Å². The highest BCUT2D eigenvalue weighted by Gasteiger charge is 2.32. The van der Waals surface area contributed by atoms with E-state index < -0.39 is 0 Å². The summed E-state index contributed by atoms with van der Waals surface area (Å²) >= 11 is 6.19. The summed E-state index contributed by atoms with van der Waals surface area (Å²) in [5, 5.41) is 3.61. The zero-order chi connectivity index (χ0) is 16.2. The number of carbonyl (C=O) groups is 1. The highest BCUT2D eigenvalue weighted by molar-refractivity contribution is 6.33. The van der Waals surface area contributed by atoms with Gasteiger partial charge in [0.2, 0.25) is 5.91 Å². The highest BCUT2D eigenvalue weighted by Crippen LogP contribution is 2.35. The summed E-state index contributed by atoms with van der Waals surface area (Å²) in [6, 6.07) is 6.41. The fourth-order valence-electron chi connectivity index (χ4n) is 4.24. The fourth-order valence-corrected chi connectivity index (χ4v) is 4.51.